The second-order valence-electron chi connectivity index (χ2n) is 16.3. The Balaban J connectivity index is 1.54. The lowest BCUT2D eigenvalue weighted by Crippen LogP contribution is -2.14. The number of anilines is 6. The summed E-state index contributed by atoms with van der Waals surface area (Å²) < 4.78 is 0. The Morgan fingerprint density at radius 3 is 1.02 bits per heavy atom. The van der Waals surface area contributed by atoms with E-state index in [-0.39, 0.29) is 0 Å². The van der Waals surface area contributed by atoms with Gasteiger partial charge in [0, 0.05) is 33.5 Å². The number of hydrogen-bond acceptors (Lipinski definition) is 2. The summed E-state index contributed by atoms with van der Waals surface area (Å²) >= 11 is 0. The summed E-state index contributed by atoms with van der Waals surface area (Å²) in [6, 6.07) is 46.3. The Morgan fingerprint density at radius 1 is 0.333 bits per heavy atom. The van der Waals surface area contributed by atoms with Crippen molar-refractivity contribution in [2.75, 3.05) is 9.80 Å². The summed E-state index contributed by atoms with van der Waals surface area (Å²) in [6.45, 7) is 22.6. The van der Waals surface area contributed by atoms with Crippen LogP contribution in [0, 0.1) is 41.5 Å². The Morgan fingerprint density at radius 2 is 0.667 bits per heavy atom. The molecule has 0 spiro atoms. The van der Waals surface area contributed by atoms with E-state index < -0.39 is 0 Å². The molecule has 8 aromatic carbocycles. The van der Waals surface area contributed by atoms with Crippen LogP contribution in [-0.2, 0) is 0 Å². The fraction of sp³-hybridized carbons (Fsp3) is 0.231. The van der Waals surface area contributed by atoms with E-state index in [0.717, 1.165) is 0 Å². The van der Waals surface area contributed by atoms with Gasteiger partial charge in [0.25, 0.3) is 0 Å². The SMILES string of the molecule is Cc1ccc(N(c2cc(C)ccc2C)c2cc(C(C)C)c3ccc4c(N(c5ccc(C)cc5)c5cc(C)ccc5C)cc(C(C)C)c5ccc2c3c54)cc1. The molecule has 270 valence electrons. The molecular formula is C52H52N2. The minimum atomic E-state index is 0.329. The summed E-state index contributed by atoms with van der Waals surface area (Å²) in [5.74, 6) is 0.657. The zero-order chi connectivity index (χ0) is 38.0. The molecule has 0 unspecified atom stereocenters. The van der Waals surface area contributed by atoms with Crippen LogP contribution in [-0.4, -0.2) is 0 Å². The lowest BCUT2D eigenvalue weighted by atomic mass is 9.84. The molecule has 0 N–H and O–H groups in total. The molecule has 0 bridgehead atoms. The molecule has 0 aliphatic rings. The summed E-state index contributed by atoms with van der Waals surface area (Å²) in [4.78, 5) is 5.02. The summed E-state index contributed by atoms with van der Waals surface area (Å²) in [5.41, 5.74) is 17.5. The van der Waals surface area contributed by atoms with Crippen molar-refractivity contribution in [2.45, 2.75) is 81.1 Å². The van der Waals surface area contributed by atoms with Gasteiger partial charge in [0.1, 0.15) is 0 Å². The first-order chi connectivity index (χ1) is 25.9. The lowest BCUT2D eigenvalue weighted by Gasteiger charge is -2.32. The van der Waals surface area contributed by atoms with Gasteiger partial charge in [-0.15, -0.1) is 0 Å². The van der Waals surface area contributed by atoms with E-state index in [0.29, 0.717) is 11.8 Å². The average Bonchev–Trinajstić information content (AvgIpc) is 3.15. The van der Waals surface area contributed by atoms with Crippen molar-refractivity contribution in [1.82, 2.24) is 0 Å². The predicted octanol–water partition coefficient (Wildman–Crippen LogP) is 15.6. The van der Waals surface area contributed by atoms with Crippen LogP contribution in [0.25, 0.3) is 32.3 Å². The largest absolute Gasteiger partial charge is 0.310 e. The number of benzene rings is 8. The second-order valence-corrected chi connectivity index (χ2v) is 16.3. The molecule has 0 radical (unpaired) electrons. The van der Waals surface area contributed by atoms with E-state index in [2.05, 4.69) is 200 Å². The fourth-order valence-corrected chi connectivity index (χ4v) is 8.46. The molecule has 0 saturated heterocycles. The van der Waals surface area contributed by atoms with Crippen molar-refractivity contribution in [3.8, 4) is 0 Å². The highest BCUT2D eigenvalue weighted by Crippen LogP contribution is 2.51. The highest BCUT2D eigenvalue weighted by atomic mass is 15.2. The molecule has 8 aromatic rings. The topological polar surface area (TPSA) is 6.48 Å². The zero-order valence-electron chi connectivity index (χ0n) is 33.6. The van der Waals surface area contributed by atoms with Crippen LogP contribution < -0.4 is 9.80 Å². The molecule has 0 aliphatic carbocycles. The standard InChI is InChI=1S/C52H52N2/c1-31(2)45-29-49(53(39-19-13-33(5)14-20-39)47-27-35(7)11-17-37(47)9)43-26-24-42-46(32(3)4)30-50(44-25-23-41(45)51(43)52(42)44)54(40-21-15-34(6)16-22-40)48-28-36(8)12-18-38(48)10/h11-32H,1-10H3. The molecule has 2 nitrogen and oxygen atoms in total. The Labute approximate surface area is 322 Å². The molecule has 0 aromatic heterocycles. The van der Waals surface area contributed by atoms with Gasteiger partial charge in [-0.25, -0.2) is 0 Å². The van der Waals surface area contributed by atoms with Gasteiger partial charge in [-0.3, -0.25) is 0 Å². The minimum Gasteiger partial charge on any atom is -0.310 e. The summed E-state index contributed by atoms with van der Waals surface area (Å²) in [7, 11) is 0. The molecule has 0 saturated carbocycles. The quantitative estimate of drug-likeness (QED) is 0.145. The molecule has 0 atom stereocenters. The first-order valence-corrected chi connectivity index (χ1v) is 19.6. The van der Waals surface area contributed by atoms with Gasteiger partial charge in [-0.2, -0.15) is 0 Å². The van der Waals surface area contributed by atoms with Gasteiger partial charge in [-0.05, 0) is 157 Å². The monoisotopic (exact) mass is 704 g/mol. The van der Waals surface area contributed by atoms with E-state index in [1.807, 2.05) is 0 Å². The third-order valence-corrected chi connectivity index (χ3v) is 11.4. The van der Waals surface area contributed by atoms with E-state index in [1.54, 1.807) is 0 Å². The molecule has 2 heteroatoms. The molecular weight excluding hydrogens is 653 g/mol. The van der Waals surface area contributed by atoms with Crippen LogP contribution >= 0.6 is 0 Å². The molecule has 0 amide bonds. The van der Waals surface area contributed by atoms with Crippen LogP contribution in [0.15, 0.2) is 121 Å². The van der Waals surface area contributed by atoms with Crippen LogP contribution in [0.1, 0.15) is 84.0 Å². The first kappa shape index (κ1) is 35.4. The highest BCUT2D eigenvalue weighted by molar-refractivity contribution is 6.29. The second kappa shape index (κ2) is 13.7. The first-order valence-electron chi connectivity index (χ1n) is 19.6. The van der Waals surface area contributed by atoms with Gasteiger partial charge >= 0.3 is 0 Å². The van der Waals surface area contributed by atoms with Gasteiger partial charge < -0.3 is 9.80 Å². The van der Waals surface area contributed by atoms with Crippen molar-refractivity contribution >= 4 is 66.4 Å². The summed E-state index contributed by atoms with van der Waals surface area (Å²) in [5, 5.41) is 7.92. The van der Waals surface area contributed by atoms with Crippen LogP contribution in [0.3, 0.4) is 0 Å². The van der Waals surface area contributed by atoms with Crippen molar-refractivity contribution in [3.05, 3.63) is 166 Å². The van der Waals surface area contributed by atoms with Gasteiger partial charge in [0.2, 0.25) is 0 Å². The molecule has 54 heavy (non-hydrogen) atoms. The highest BCUT2D eigenvalue weighted by Gasteiger charge is 2.26. The van der Waals surface area contributed by atoms with Crippen molar-refractivity contribution in [2.24, 2.45) is 0 Å². The maximum Gasteiger partial charge on any atom is 0.0543 e. The Kier molecular flexibility index (Phi) is 8.97. The maximum absolute atomic E-state index is 2.51. The number of aryl methyl sites for hydroxylation is 6. The number of nitrogens with zero attached hydrogens (tertiary/aromatic N) is 2. The average molecular weight is 705 g/mol. The molecule has 8 rings (SSSR count). The van der Waals surface area contributed by atoms with Crippen LogP contribution in [0.5, 0.6) is 0 Å². The van der Waals surface area contributed by atoms with E-state index in [4.69, 9.17) is 0 Å². The molecule has 0 heterocycles. The Hall–Kier alpha value is -5.60. The zero-order valence-corrected chi connectivity index (χ0v) is 33.6. The fourth-order valence-electron chi connectivity index (χ4n) is 8.46. The van der Waals surface area contributed by atoms with Crippen molar-refractivity contribution < 1.29 is 0 Å². The van der Waals surface area contributed by atoms with E-state index >= 15 is 0 Å². The summed E-state index contributed by atoms with van der Waals surface area (Å²) in [6.07, 6.45) is 0. The van der Waals surface area contributed by atoms with E-state index in [1.165, 1.54) is 111 Å². The van der Waals surface area contributed by atoms with Crippen molar-refractivity contribution in [3.63, 3.8) is 0 Å². The number of hydrogen-bond donors (Lipinski definition) is 0. The molecule has 0 fully saturated rings. The van der Waals surface area contributed by atoms with E-state index in [9.17, 15) is 0 Å². The van der Waals surface area contributed by atoms with Gasteiger partial charge in [-0.1, -0.05) is 112 Å². The van der Waals surface area contributed by atoms with Gasteiger partial charge in [0.15, 0.2) is 0 Å². The Bertz CT molecular complexity index is 2470. The van der Waals surface area contributed by atoms with Crippen LogP contribution in [0.4, 0.5) is 34.1 Å². The lowest BCUT2D eigenvalue weighted by molar-refractivity contribution is 0.875. The predicted molar refractivity (Wildman–Crippen MR) is 236 cm³/mol. The smallest absolute Gasteiger partial charge is 0.0543 e. The number of rotatable bonds is 8. The maximum atomic E-state index is 2.51. The van der Waals surface area contributed by atoms with Crippen LogP contribution in [0.2, 0.25) is 0 Å². The minimum absolute atomic E-state index is 0.329. The third kappa shape index (κ3) is 5.99. The molecule has 0 aliphatic heterocycles. The normalized spacial score (nSPS) is 11.9. The van der Waals surface area contributed by atoms with Gasteiger partial charge in [0.05, 0.1) is 11.4 Å². The third-order valence-electron chi connectivity index (χ3n) is 11.4. The van der Waals surface area contributed by atoms with Crippen molar-refractivity contribution in [1.29, 1.82) is 0 Å².